The monoisotopic (exact) mass is 222 g/mol. The summed E-state index contributed by atoms with van der Waals surface area (Å²) in [6.45, 7) is 3.00. The Morgan fingerprint density at radius 3 is 2.67 bits per heavy atom. The second-order valence-corrected chi connectivity index (χ2v) is 7.32. The Bertz CT molecular complexity index is 332. The Labute approximate surface area is 92.5 Å². The molecule has 82 valence electrons. The Balaban J connectivity index is 2.36. The third-order valence-electron chi connectivity index (χ3n) is 3.12. The molecule has 0 radical (unpaired) electrons. The van der Waals surface area contributed by atoms with Gasteiger partial charge in [0.05, 0.1) is 0 Å². The molecule has 2 rings (SSSR count). The zero-order valence-corrected chi connectivity index (χ0v) is 10.5. The van der Waals surface area contributed by atoms with Gasteiger partial charge in [-0.05, 0) is 36.6 Å². The largest absolute Gasteiger partial charge is 0.394 e. The van der Waals surface area contributed by atoms with Crippen molar-refractivity contribution in [1.82, 2.24) is 0 Å². The van der Waals surface area contributed by atoms with Crippen LogP contribution in [0.3, 0.4) is 0 Å². The van der Waals surface area contributed by atoms with Crippen molar-refractivity contribution >= 4 is 13.7 Å². The fourth-order valence-electron chi connectivity index (χ4n) is 2.25. The lowest BCUT2D eigenvalue weighted by molar-refractivity contribution is 0.188. The Morgan fingerprint density at radius 2 is 2.07 bits per heavy atom. The molecule has 1 aromatic rings. The van der Waals surface area contributed by atoms with E-state index in [9.17, 15) is 0 Å². The third kappa shape index (κ3) is 2.00. The van der Waals surface area contributed by atoms with Gasteiger partial charge in [-0.25, -0.2) is 0 Å². The van der Waals surface area contributed by atoms with Crippen molar-refractivity contribution in [2.75, 3.05) is 13.7 Å². The van der Waals surface area contributed by atoms with Gasteiger partial charge in [-0.3, -0.25) is 0 Å². The predicted octanol–water partition coefficient (Wildman–Crippen LogP) is 2.10. The quantitative estimate of drug-likeness (QED) is 0.714. The van der Waals surface area contributed by atoms with Crippen LogP contribution in [0.15, 0.2) is 24.3 Å². The zero-order chi connectivity index (χ0) is 10.7. The van der Waals surface area contributed by atoms with Gasteiger partial charge in [-0.2, -0.15) is 0 Å². The van der Waals surface area contributed by atoms with Crippen LogP contribution in [0, 0.1) is 6.92 Å². The van der Waals surface area contributed by atoms with Gasteiger partial charge in [0, 0.05) is 13.7 Å². The molecule has 2 nitrogen and oxygen atoms in total. The standard InChI is InChI=1S/C12H18O2Si/c1-11-7-3-4-8-12(11)15(13-2)10-6-5-9-14-15/h3-4,7-8H,5-6,9-10H2,1-2H3. The lowest BCUT2D eigenvalue weighted by Gasteiger charge is -2.33. The first-order valence-electron chi connectivity index (χ1n) is 5.54. The Morgan fingerprint density at radius 1 is 1.27 bits per heavy atom. The molecule has 0 N–H and O–H groups in total. The SMILES string of the molecule is CO[Si]1(c2ccccc2C)CCCCO1. The first-order valence-corrected chi connectivity index (χ1v) is 7.56. The van der Waals surface area contributed by atoms with Crippen LogP contribution in [-0.4, -0.2) is 22.3 Å². The van der Waals surface area contributed by atoms with Crippen LogP contribution < -0.4 is 5.19 Å². The van der Waals surface area contributed by atoms with E-state index in [1.807, 2.05) is 0 Å². The van der Waals surface area contributed by atoms with Crippen LogP contribution in [0.2, 0.25) is 6.04 Å². The summed E-state index contributed by atoms with van der Waals surface area (Å²) in [6, 6.07) is 9.54. The molecule has 1 atom stereocenters. The summed E-state index contributed by atoms with van der Waals surface area (Å²) in [4.78, 5) is 0. The number of hydrogen-bond acceptors (Lipinski definition) is 2. The zero-order valence-electron chi connectivity index (χ0n) is 9.45. The van der Waals surface area contributed by atoms with E-state index in [-0.39, 0.29) is 0 Å². The molecule has 1 heterocycles. The molecule has 0 amide bonds. The molecule has 0 spiro atoms. The maximum Gasteiger partial charge on any atom is 0.372 e. The average molecular weight is 222 g/mol. The number of hydrogen-bond donors (Lipinski definition) is 0. The topological polar surface area (TPSA) is 18.5 Å². The van der Waals surface area contributed by atoms with E-state index in [1.165, 1.54) is 23.6 Å². The van der Waals surface area contributed by atoms with E-state index in [0.717, 1.165) is 12.7 Å². The molecule has 1 unspecified atom stereocenters. The maximum atomic E-state index is 6.00. The minimum Gasteiger partial charge on any atom is -0.394 e. The smallest absolute Gasteiger partial charge is 0.372 e. The van der Waals surface area contributed by atoms with Crippen molar-refractivity contribution in [3.63, 3.8) is 0 Å². The van der Waals surface area contributed by atoms with Gasteiger partial charge < -0.3 is 8.85 Å². The molecule has 1 aromatic carbocycles. The van der Waals surface area contributed by atoms with Crippen LogP contribution in [0.1, 0.15) is 18.4 Å². The highest BCUT2D eigenvalue weighted by atomic mass is 28.4. The van der Waals surface area contributed by atoms with Crippen LogP contribution >= 0.6 is 0 Å². The molecular weight excluding hydrogens is 204 g/mol. The molecule has 1 fully saturated rings. The molecule has 0 bridgehead atoms. The molecule has 15 heavy (non-hydrogen) atoms. The molecule has 1 aliphatic rings. The van der Waals surface area contributed by atoms with Gasteiger partial charge in [0.1, 0.15) is 0 Å². The summed E-state index contributed by atoms with van der Waals surface area (Å²) < 4.78 is 11.8. The second-order valence-electron chi connectivity index (χ2n) is 4.08. The average Bonchev–Trinajstić information content (AvgIpc) is 2.30. The number of benzene rings is 1. The summed E-state index contributed by atoms with van der Waals surface area (Å²) in [6.07, 6.45) is 2.40. The van der Waals surface area contributed by atoms with Gasteiger partial charge in [0.15, 0.2) is 0 Å². The highest BCUT2D eigenvalue weighted by Gasteiger charge is 2.41. The van der Waals surface area contributed by atoms with E-state index in [0.29, 0.717) is 0 Å². The first kappa shape index (κ1) is 10.9. The molecule has 1 saturated heterocycles. The van der Waals surface area contributed by atoms with Gasteiger partial charge in [0.2, 0.25) is 0 Å². The summed E-state index contributed by atoms with van der Waals surface area (Å²) in [7, 11) is -0.282. The van der Waals surface area contributed by atoms with Crippen LogP contribution in [0.25, 0.3) is 0 Å². The van der Waals surface area contributed by atoms with Crippen LogP contribution in [0.5, 0.6) is 0 Å². The van der Waals surface area contributed by atoms with Gasteiger partial charge >= 0.3 is 8.56 Å². The van der Waals surface area contributed by atoms with Crippen molar-refractivity contribution in [1.29, 1.82) is 0 Å². The maximum absolute atomic E-state index is 6.00. The second kappa shape index (κ2) is 4.47. The molecule has 0 saturated carbocycles. The van der Waals surface area contributed by atoms with Crippen molar-refractivity contribution in [3.05, 3.63) is 29.8 Å². The summed E-state index contributed by atoms with van der Waals surface area (Å²) >= 11 is 0. The Hall–Kier alpha value is -0.643. The Kier molecular flexibility index (Phi) is 3.24. The number of aryl methyl sites for hydroxylation is 1. The minimum absolute atomic E-state index is 0.856. The fraction of sp³-hybridized carbons (Fsp3) is 0.500. The highest BCUT2D eigenvalue weighted by molar-refractivity contribution is 6.81. The minimum atomic E-state index is -2.08. The molecule has 1 aliphatic heterocycles. The van der Waals surface area contributed by atoms with E-state index >= 15 is 0 Å². The summed E-state index contributed by atoms with van der Waals surface area (Å²) in [5, 5.41) is 1.31. The van der Waals surface area contributed by atoms with Crippen molar-refractivity contribution in [2.45, 2.75) is 25.8 Å². The molecular formula is C12H18O2Si. The molecule has 0 aliphatic carbocycles. The summed E-state index contributed by atoms with van der Waals surface area (Å²) in [5.74, 6) is 0. The first-order chi connectivity index (χ1) is 7.28. The van der Waals surface area contributed by atoms with E-state index in [4.69, 9.17) is 8.85 Å². The lowest BCUT2D eigenvalue weighted by atomic mass is 10.2. The lowest BCUT2D eigenvalue weighted by Crippen LogP contribution is -2.55. The van der Waals surface area contributed by atoms with Gasteiger partial charge in [-0.1, -0.05) is 24.3 Å². The molecule has 0 aromatic heterocycles. The van der Waals surface area contributed by atoms with E-state index < -0.39 is 8.56 Å². The highest BCUT2D eigenvalue weighted by Crippen LogP contribution is 2.23. The van der Waals surface area contributed by atoms with Crippen LogP contribution in [0.4, 0.5) is 0 Å². The third-order valence-corrected chi connectivity index (χ3v) is 6.84. The van der Waals surface area contributed by atoms with E-state index in [2.05, 4.69) is 31.2 Å². The fourth-order valence-corrected chi connectivity index (χ4v) is 5.59. The summed E-state index contributed by atoms with van der Waals surface area (Å²) in [5.41, 5.74) is 1.30. The van der Waals surface area contributed by atoms with Crippen molar-refractivity contribution in [2.24, 2.45) is 0 Å². The van der Waals surface area contributed by atoms with Gasteiger partial charge in [0.25, 0.3) is 0 Å². The molecule has 3 heteroatoms. The van der Waals surface area contributed by atoms with E-state index in [1.54, 1.807) is 7.11 Å². The van der Waals surface area contributed by atoms with Crippen molar-refractivity contribution < 1.29 is 8.85 Å². The van der Waals surface area contributed by atoms with Crippen molar-refractivity contribution in [3.8, 4) is 0 Å². The predicted molar refractivity (Wildman–Crippen MR) is 63.6 cm³/mol. The van der Waals surface area contributed by atoms with Crippen LogP contribution in [-0.2, 0) is 8.85 Å². The van der Waals surface area contributed by atoms with Gasteiger partial charge in [-0.15, -0.1) is 0 Å². The normalized spacial score (nSPS) is 26.5. The number of rotatable bonds is 2.